The van der Waals surface area contributed by atoms with Crippen molar-refractivity contribution in [1.82, 2.24) is 60.3 Å². The van der Waals surface area contributed by atoms with Gasteiger partial charge in [0.05, 0.1) is 39.1 Å². The zero-order valence-corrected chi connectivity index (χ0v) is 64.0. The number of aliphatic hydroxyl groups is 4. The van der Waals surface area contributed by atoms with E-state index in [0.717, 1.165) is 58.0 Å². The fraction of sp³-hybridized carbons (Fsp3) is 0.538. The zero-order chi connectivity index (χ0) is 81.0. The molecule has 4 aromatic rings. The highest BCUT2D eigenvalue weighted by atomic mass is 32.2. The number of nitrogens with one attached hydrogen (secondary N) is 4. The fourth-order valence-electron chi connectivity index (χ4n) is 8.95. The van der Waals surface area contributed by atoms with Gasteiger partial charge in [0, 0.05) is 61.4 Å². The van der Waals surface area contributed by atoms with Crippen molar-refractivity contribution in [2.45, 2.75) is 102 Å². The van der Waals surface area contributed by atoms with Crippen LogP contribution in [-0.2, 0) is 101 Å². The first-order chi connectivity index (χ1) is 50.1. The van der Waals surface area contributed by atoms with E-state index in [-0.39, 0.29) is 83.2 Å². The van der Waals surface area contributed by atoms with Crippen molar-refractivity contribution in [3.8, 4) is 0 Å². The van der Waals surface area contributed by atoms with E-state index < -0.39 is 169 Å². The quantitative estimate of drug-likeness (QED) is 0.0107. The molecule has 0 aromatic carbocycles. The molecule has 6 rings (SSSR count). The van der Waals surface area contributed by atoms with Crippen LogP contribution in [0.3, 0.4) is 0 Å². The summed E-state index contributed by atoms with van der Waals surface area (Å²) in [6.45, 7) is 7.76. The summed E-state index contributed by atoms with van der Waals surface area (Å²) in [6, 6.07) is 0. The number of aromatic nitrogens is 8. The Morgan fingerprint density at radius 3 is 1.23 bits per heavy atom. The summed E-state index contributed by atoms with van der Waals surface area (Å²) in [6.07, 6.45) is -5.40. The van der Waals surface area contributed by atoms with Gasteiger partial charge in [-0.05, 0) is 12.2 Å². The molecule has 0 radical (unpaired) electrons. The number of ether oxygens (including phenoxy) is 2. The third kappa shape index (κ3) is 29.6. The Bertz CT molecular complexity index is 3940. The van der Waals surface area contributed by atoms with Crippen LogP contribution in [-0.4, -0.2) is 245 Å². The smallest absolute Gasteiger partial charge is 0.386 e. The van der Waals surface area contributed by atoms with Crippen LogP contribution >= 0.6 is 70.5 Å². The van der Waals surface area contributed by atoms with Gasteiger partial charge in [-0.15, -0.1) is 0 Å². The molecule has 48 nitrogen and oxygen atoms in total. The number of amides is 4. The molecule has 2 aliphatic rings. The minimum Gasteiger partial charge on any atom is -0.386 e. The molecular weight excluding hydrogens is 1610 g/mol. The minimum absolute atomic E-state index is 0.0283. The SMILES string of the molecule is C=CC=CC(=O)SCCNC(=O)CCNC(=O)[C@H](O)C(C)(C)COP(=O)(O)OP(=O)(O)OC[C@H]1O[C@@H](n2cnc3c(N)ncnc32)[C@H](O)[C@@H]1OP(=O)(O)O.C=CC=CC(=O)SCCNC(=O)CCNC(=O)[C@H](O)C(C)(C)COP(=O)(O)OP(=O)(O)OC[C@H]1O[C@@H](n2cnc3c(N)ncnc32)[C@H](O)[C@@H]1OP(=O)(O)O. The summed E-state index contributed by atoms with van der Waals surface area (Å²) in [5.74, 6) is -2.37. The van der Waals surface area contributed by atoms with Gasteiger partial charge in [-0.1, -0.05) is 88.7 Å². The maximum Gasteiger partial charge on any atom is 0.481 e. The van der Waals surface area contributed by atoms with Crippen molar-refractivity contribution in [3.05, 3.63) is 74.9 Å². The Morgan fingerprint density at radius 1 is 0.556 bits per heavy atom. The average molecular weight is 1700 g/mol. The highest BCUT2D eigenvalue weighted by molar-refractivity contribution is 8.14. The number of imidazole rings is 2. The number of hydrogen-bond acceptors (Lipinski definition) is 36. The Morgan fingerprint density at radius 2 is 0.898 bits per heavy atom. The number of anilines is 2. The standard InChI is InChI=1S/2C26H40N7O17P3S/c2*1-4-5-6-17(35)54-10-9-28-16(34)7-8-29-24(38)21(37)26(2,3)12-47-53(44,45)50-52(42,43)46-11-15-20(49-51(39,40)41)19(36)25(48-15)33-14-32-18-22(27)30-13-31-23(18)33/h2*4-6,13-15,19-21,25,36-37H,1,7-12H2,2-3H3,(H,28,34)(H,29,38)(H,42,43)(H,44,45)(H2,27,30,31)(H2,39,40,41)/t2*15-,19-,20-,21+,25-/m11/s1. The van der Waals surface area contributed by atoms with Gasteiger partial charge in [-0.3, -0.25) is 65.0 Å². The summed E-state index contributed by atoms with van der Waals surface area (Å²) in [4.78, 5) is 174. The number of hydrogen-bond donors (Lipinski definition) is 18. The summed E-state index contributed by atoms with van der Waals surface area (Å²) >= 11 is 1.95. The van der Waals surface area contributed by atoms with Crippen LogP contribution < -0.4 is 32.7 Å². The number of nitrogens with zero attached hydrogens (tertiary/aromatic N) is 8. The number of carbonyl (C=O) groups is 6. The number of phosphoric acid groups is 6. The predicted octanol–water partition coefficient (Wildman–Crippen LogP) is -1.19. The number of nitrogens with two attached hydrogens (primary N) is 2. The van der Waals surface area contributed by atoms with Gasteiger partial charge in [0.25, 0.3) is 0 Å². The molecule has 56 heteroatoms. The molecule has 2 saturated heterocycles. The second-order valence-electron chi connectivity index (χ2n) is 23.7. The number of nitrogen functional groups attached to an aromatic ring is 2. The van der Waals surface area contributed by atoms with Gasteiger partial charge in [-0.2, -0.15) is 8.62 Å². The number of rotatable bonds is 42. The number of fused-ring (bicyclic) bond motifs is 2. The van der Waals surface area contributed by atoms with Crippen molar-refractivity contribution in [3.63, 3.8) is 0 Å². The fourth-order valence-corrected chi connectivity index (χ4v) is 15.8. The van der Waals surface area contributed by atoms with Crippen molar-refractivity contribution >= 4 is 138 Å². The maximum absolute atomic E-state index is 12.6. The van der Waals surface area contributed by atoms with Gasteiger partial charge >= 0.3 is 46.9 Å². The Labute approximate surface area is 620 Å². The lowest BCUT2D eigenvalue weighted by Crippen LogP contribution is -2.46. The molecule has 0 spiro atoms. The summed E-state index contributed by atoms with van der Waals surface area (Å²) in [5, 5.41) is 52.1. The Hall–Kier alpha value is -5.92. The van der Waals surface area contributed by atoms with Crippen LogP contribution in [0.15, 0.2) is 74.9 Å². The first kappa shape index (κ1) is 92.7. The number of thioether (sulfide) groups is 2. The number of allylic oxidation sites excluding steroid dienone is 4. The lowest BCUT2D eigenvalue weighted by Gasteiger charge is -2.30. The van der Waals surface area contributed by atoms with Crippen LogP contribution in [0.5, 0.6) is 0 Å². The molecule has 0 bridgehead atoms. The van der Waals surface area contributed by atoms with E-state index >= 15 is 0 Å². The van der Waals surface area contributed by atoms with Crippen LogP contribution in [0, 0.1) is 10.8 Å². The Kier molecular flexibility index (Phi) is 34.8. The van der Waals surface area contributed by atoms with Crippen LogP contribution in [0.1, 0.15) is 53.0 Å². The maximum atomic E-state index is 12.6. The molecule has 2 aliphatic heterocycles. The van der Waals surface area contributed by atoms with E-state index in [1.165, 1.54) is 64.2 Å². The summed E-state index contributed by atoms with van der Waals surface area (Å²) in [7, 11) is -32.8. The van der Waals surface area contributed by atoms with E-state index in [2.05, 4.69) is 82.0 Å². The number of phosphoric ester groups is 6. The monoisotopic (exact) mass is 1690 g/mol. The molecular formula is C52H80N14O34P6S2. The van der Waals surface area contributed by atoms with Crippen molar-refractivity contribution in [2.24, 2.45) is 10.8 Å². The van der Waals surface area contributed by atoms with Gasteiger partial charge in [0.2, 0.25) is 33.9 Å². The highest BCUT2D eigenvalue weighted by Gasteiger charge is 2.53. The normalized spacial score (nSPS) is 22.1. The third-order valence-electron chi connectivity index (χ3n) is 14.2. The highest BCUT2D eigenvalue weighted by Crippen LogP contribution is 2.63. The van der Waals surface area contributed by atoms with Crippen molar-refractivity contribution < 1.29 is 161 Å². The van der Waals surface area contributed by atoms with E-state index in [9.17, 15) is 116 Å². The van der Waals surface area contributed by atoms with Crippen LogP contribution in [0.2, 0.25) is 0 Å². The zero-order valence-electron chi connectivity index (χ0n) is 57.0. The number of carbonyl (C=O) groups excluding carboxylic acids is 6. The Balaban J connectivity index is 0.000000387. The predicted molar refractivity (Wildman–Crippen MR) is 373 cm³/mol. The molecule has 0 saturated carbocycles. The summed E-state index contributed by atoms with van der Waals surface area (Å²) < 4.78 is 124. The van der Waals surface area contributed by atoms with Gasteiger partial charge in [0.1, 0.15) is 72.5 Å². The topological polar surface area (TPSA) is 727 Å². The average Bonchev–Trinajstić information content (AvgIpc) is 1.62. The van der Waals surface area contributed by atoms with E-state index in [4.69, 9.17) is 39.0 Å². The number of aliphatic hydroxyl groups excluding tert-OH is 4. The van der Waals surface area contributed by atoms with Crippen molar-refractivity contribution in [1.29, 1.82) is 0 Å². The lowest BCUT2D eigenvalue weighted by molar-refractivity contribution is -0.137. The lowest BCUT2D eigenvalue weighted by atomic mass is 9.87. The molecule has 0 aliphatic carbocycles. The summed E-state index contributed by atoms with van der Waals surface area (Å²) in [5.41, 5.74) is 8.49. The van der Waals surface area contributed by atoms with E-state index in [1.54, 1.807) is 0 Å². The molecule has 20 N–H and O–H groups in total. The van der Waals surface area contributed by atoms with Crippen LogP contribution in [0.25, 0.3) is 22.3 Å². The van der Waals surface area contributed by atoms with Crippen LogP contribution in [0.4, 0.5) is 11.6 Å². The molecule has 4 aromatic heterocycles. The van der Waals surface area contributed by atoms with Gasteiger partial charge in [-0.25, -0.2) is 57.3 Å². The minimum atomic E-state index is -5.57. The molecule has 14 atom stereocenters. The van der Waals surface area contributed by atoms with Gasteiger partial charge in [0.15, 0.2) is 35.4 Å². The van der Waals surface area contributed by atoms with Gasteiger partial charge < -0.3 is 102 Å². The van der Waals surface area contributed by atoms with Crippen molar-refractivity contribution in [2.75, 3.05) is 75.6 Å². The first-order valence-electron chi connectivity index (χ1n) is 30.8. The molecule has 6 heterocycles. The van der Waals surface area contributed by atoms with E-state index in [1.807, 2.05) is 0 Å². The molecule has 4 amide bonds. The second kappa shape index (κ2) is 40.5. The third-order valence-corrected chi connectivity index (χ3v) is 22.1. The second-order valence-corrected chi connectivity index (χ2v) is 34.3. The molecule has 4 unspecified atom stereocenters. The molecule has 2 fully saturated rings. The van der Waals surface area contributed by atoms with E-state index in [0.29, 0.717) is 11.5 Å². The molecule has 604 valence electrons. The first-order valence-corrected chi connectivity index (χ1v) is 41.8. The molecule has 108 heavy (non-hydrogen) atoms. The largest absolute Gasteiger partial charge is 0.481 e.